The molecule has 1 heterocycles. The van der Waals surface area contributed by atoms with Gasteiger partial charge in [0.25, 0.3) is 0 Å². The van der Waals surface area contributed by atoms with Gasteiger partial charge in [-0.15, -0.1) is 0 Å². The fourth-order valence-electron chi connectivity index (χ4n) is 2.67. The van der Waals surface area contributed by atoms with Crippen LogP contribution in [-0.4, -0.2) is 42.3 Å². The molecule has 1 unspecified atom stereocenters. The Bertz CT molecular complexity index is 207. The molecule has 1 rings (SSSR count). The maximum Gasteiger partial charge on any atom is 0.0994 e. The number of hydrogen-bond donors (Lipinski definition) is 0. The van der Waals surface area contributed by atoms with Crippen LogP contribution in [0.25, 0.3) is 0 Å². The Hall–Kier alpha value is 0.270. The molecule has 2 nitrogen and oxygen atoms in total. The van der Waals surface area contributed by atoms with Crippen LogP contribution in [0.15, 0.2) is 0 Å². The highest BCUT2D eigenvalue weighted by Gasteiger charge is 2.14. The zero-order valence-electron chi connectivity index (χ0n) is 13.7. The van der Waals surface area contributed by atoms with Gasteiger partial charge in [0.2, 0.25) is 0 Å². The molecule has 120 valence electrons. The lowest BCUT2D eigenvalue weighted by atomic mass is 10.1. The molecule has 0 bridgehead atoms. The van der Waals surface area contributed by atoms with Gasteiger partial charge >= 0.3 is 0 Å². The molecule has 0 saturated carbocycles. The van der Waals surface area contributed by atoms with E-state index < -0.39 is 0 Å². The Morgan fingerprint density at radius 1 is 1.00 bits per heavy atom. The minimum absolute atomic E-state index is 0.477. The second-order valence-electron chi connectivity index (χ2n) is 6.02. The molecule has 0 amide bonds. The molecular formula is C17H35NOS. The first-order valence-corrected chi connectivity index (χ1v) is 9.94. The SMILES string of the molecule is CCCCCCC(CSCCC)OCN1CCCCC1. The van der Waals surface area contributed by atoms with E-state index in [0.717, 1.165) is 6.73 Å². The zero-order chi connectivity index (χ0) is 14.5. The van der Waals surface area contributed by atoms with Crippen molar-refractivity contribution in [2.45, 2.75) is 77.7 Å². The number of thioether (sulfide) groups is 1. The van der Waals surface area contributed by atoms with Crippen LogP contribution in [0.2, 0.25) is 0 Å². The summed E-state index contributed by atoms with van der Waals surface area (Å²) in [5.74, 6) is 2.46. The van der Waals surface area contributed by atoms with Crippen molar-refractivity contribution in [2.75, 3.05) is 31.3 Å². The van der Waals surface area contributed by atoms with Crippen LogP contribution in [0.1, 0.15) is 71.6 Å². The molecule has 20 heavy (non-hydrogen) atoms. The molecule has 1 aliphatic rings. The Labute approximate surface area is 131 Å². The maximum atomic E-state index is 6.21. The summed E-state index contributed by atoms with van der Waals surface area (Å²) >= 11 is 2.07. The smallest absolute Gasteiger partial charge is 0.0994 e. The summed E-state index contributed by atoms with van der Waals surface area (Å²) in [5.41, 5.74) is 0. The summed E-state index contributed by atoms with van der Waals surface area (Å²) in [6.45, 7) is 7.89. The monoisotopic (exact) mass is 301 g/mol. The summed E-state index contributed by atoms with van der Waals surface area (Å²) < 4.78 is 6.21. The number of rotatable bonds is 12. The predicted molar refractivity (Wildman–Crippen MR) is 91.5 cm³/mol. The fraction of sp³-hybridized carbons (Fsp3) is 1.00. The van der Waals surface area contributed by atoms with Gasteiger partial charge < -0.3 is 4.74 Å². The molecule has 1 aliphatic heterocycles. The van der Waals surface area contributed by atoms with Gasteiger partial charge in [0, 0.05) is 18.8 Å². The Morgan fingerprint density at radius 3 is 2.50 bits per heavy atom. The topological polar surface area (TPSA) is 12.5 Å². The van der Waals surface area contributed by atoms with Crippen LogP contribution in [0.3, 0.4) is 0 Å². The summed E-state index contributed by atoms with van der Waals surface area (Å²) in [6.07, 6.45) is 12.5. The van der Waals surface area contributed by atoms with Gasteiger partial charge in [-0.2, -0.15) is 11.8 Å². The maximum absolute atomic E-state index is 6.21. The van der Waals surface area contributed by atoms with Crippen molar-refractivity contribution in [1.29, 1.82) is 0 Å². The van der Waals surface area contributed by atoms with Gasteiger partial charge in [-0.1, -0.05) is 46.0 Å². The first kappa shape index (κ1) is 18.3. The van der Waals surface area contributed by atoms with Crippen molar-refractivity contribution >= 4 is 11.8 Å². The van der Waals surface area contributed by atoms with E-state index in [-0.39, 0.29) is 0 Å². The molecule has 0 aliphatic carbocycles. The molecule has 1 fully saturated rings. The zero-order valence-corrected chi connectivity index (χ0v) is 14.6. The van der Waals surface area contributed by atoms with Crippen molar-refractivity contribution < 1.29 is 4.74 Å². The number of ether oxygens (including phenoxy) is 1. The third-order valence-corrected chi connectivity index (χ3v) is 5.28. The fourth-order valence-corrected chi connectivity index (χ4v) is 3.65. The average Bonchev–Trinajstić information content (AvgIpc) is 2.49. The summed E-state index contributed by atoms with van der Waals surface area (Å²) in [6, 6.07) is 0. The van der Waals surface area contributed by atoms with Crippen LogP contribution in [-0.2, 0) is 4.74 Å². The molecule has 0 N–H and O–H groups in total. The molecule has 0 spiro atoms. The van der Waals surface area contributed by atoms with E-state index in [2.05, 4.69) is 30.5 Å². The van der Waals surface area contributed by atoms with E-state index in [9.17, 15) is 0 Å². The van der Waals surface area contributed by atoms with Gasteiger partial charge in [0.15, 0.2) is 0 Å². The van der Waals surface area contributed by atoms with E-state index in [1.54, 1.807) is 0 Å². The lowest BCUT2D eigenvalue weighted by molar-refractivity contribution is -0.0230. The van der Waals surface area contributed by atoms with E-state index in [4.69, 9.17) is 4.74 Å². The lowest BCUT2D eigenvalue weighted by Gasteiger charge is -2.28. The van der Waals surface area contributed by atoms with Gasteiger partial charge in [-0.3, -0.25) is 4.90 Å². The standard InChI is InChI=1S/C17H35NOS/c1-3-5-6-8-11-17(15-20-14-4-2)19-16-18-12-9-7-10-13-18/h17H,3-16H2,1-2H3. The van der Waals surface area contributed by atoms with Crippen molar-refractivity contribution in [1.82, 2.24) is 4.90 Å². The molecule has 0 aromatic heterocycles. The van der Waals surface area contributed by atoms with Crippen molar-refractivity contribution in [3.05, 3.63) is 0 Å². The summed E-state index contributed by atoms with van der Waals surface area (Å²) in [7, 11) is 0. The van der Waals surface area contributed by atoms with E-state index in [1.165, 1.54) is 82.4 Å². The third kappa shape index (κ3) is 9.25. The lowest BCUT2D eigenvalue weighted by Crippen LogP contribution is -2.34. The number of piperidine rings is 1. The van der Waals surface area contributed by atoms with Crippen molar-refractivity contribution in [3.8, 4) is 0 Å². The minimum Gasteiger partial charge on any atom is -0.362 e. The first-order chi connectivity index (χ1) is 9.86. The molecule has 0 radical (unpaired) electrons. The van der Waals surface area contributed by atoms with Crippen LogP contribution >= 0.6 is 11.8 Å². The normalized spacial score (nSPS) is 18.3. The molecular weight excluding hydrogens is 266 g/mol. The van der Waals surface area contributed by atoms with E-state index in [1.807, 2.05) is 0 Å². The second-order valence-corrected chi connectivity index (χ2v) is 7.17. The number of likely N-dealkylation sites (tertiary alicyclic amines) is 1. The number of hydrogen-bond acceptors (Lipinski definition) is 3. The molecule has 1 saturated heterocycles. The molecule has 3 heteroatoms. The number of nitrogens with zero attached hydrogens (tertiary/aromatic N) is 1. The molecule has 0 aromatic carbocycles. The van der Waals surface area contributed by atoms with Gasteiger partial charge in [0.1, 0.15) is 0 Å². The van der Waals surface area contributed by atoms with Crippen LogP contribution in [0, 0.1) is 0 Å². The molecule has 0 aromatic rings. The first-order valence-electron chi connectivity index (χ1n) is 8.78. The van der Waals surface area contributed by atoms with Crippen LogP contribution < -0.4 is 0 Å². The molecule has 1 atom stereocenters. The van der Waals surface area contributed by atoms with Crippen molar-refractivity contribution in [3.63, 3.8) is 0 Å². The van der Waals surface area contributed by atoms with Gasteiger partial charge in [-0.25, -0.2) is 0 Å². The van der Waals surface area contributed by atoms with Crippen molar-refractivity contribution in [2.24, 2.45) is 0 Å². The highest BCUT2D eigenvalue weighted by Crippen LogP contribution is 2.16. The Kier molecular flexibility index (Phi) is 11.9. The van der Waals surface area contributed by atoms with E-state index in [0.29, 0.717) is 6.10 Å². The predicted octanol–water partition coefficient (Wildman–Crippen LogP) is 4.93. The number of unbranched alkanes of at least 4 members (excludes halogenated alkanes) is 3. The minimum atomic E-state index is 0.477. The second kappa shape index (κ2) is 13.0. The Morgan fingerprint density at radius 2 is 1.80 bits per heavy atom. The quantitative estimate of drug-likeness (QED) is 0.474. The highest BCUT2D eigenvalue weighted by molar-refractivity contribution is 7.99. The van der Waals surface area contributed by atoms with Crippen LogP contribution in [0.4, 0.5) is 0 Å². The largest absolute Gasteiger partial charge is 0.362 e. The average molecular weight is 302 g/mol. The highest BCUT2D eigenvalue weighted by atomic mass is 32.2. The Balaban J connectivity index is 2.17. The summed E-state index contributed by atoms with van der Waals surface area (Å²) in [5, 5.41) is 0. The third-order valence-electron chi connectivity index (χ3n) is 3.97. The van der Waals surface area contributed by atoms with Crippen LogP contribution in [0.5, 0.6) is 0 Å². The van der Waals surface area contributed by atoms with Gasteiger partial charge in [-0.05, 0) is 31.4 Å². The van der Waals surface area contributed by atoms with E-state index >= 15 is 0 Å². The van der Waals surface area contributed by atoms with Gasteiger partial charge in [0.05, 0.1) is 12.8 Å². The summed E-state index contributed by atoms with van der Waals surface area (Å²) in [4.78, 5) is 2.49.